The second kappa shape index (κ2) is 6.88. The predicted molar refractivity (Wildman–Crippen MR) is 88.1 cm³/mol. The molecule has 2 aromatic carbocycles. The van der Waals surface area contributed by atoms with Gasteiger partial charge in [0.25, 0.3) is 0 Å². The highest BCUT2D eigenvalue weighted by molar-refractivity contribution is 5.23. The van der Waals surface area contributed by atoms with Gasteiger partial charge in [-0.25, -0.2) is 0 Å². The molecule has 2 aromatic rings. The summed E-state index contributed by atoms with van der Waals surface area (Å²) < 4.78 is 0. The van der Waals surface area contributed by atoms with E-state index in [0.717, 1.165) is 11.1 Å². The lowest BCUT2D eigenvalue weighted by Crippen LogP contribution is -2.54. The molecule has 0 radical (unpaired) electrons. The van der Waals surface area contributed by atoms with Gasteiger partial charge in [0.05, 0.1) is 5.60 Å². The lowest BCUT2D eigenvalue weighted by atomic mass is 9.78. The first kappa shape index (κ1) is 15.7. The van der Waals surface area contributed by atoms with E-state index in [-0.39, 0.29) is 12.0 Å². The molecule has 0 heterocycles. The molecule has 112 valence electrons. The summed E-state index contributed by atoms with van der Waals surface area (Å²) in [6, 6.07) is 19.9. The molecule has 2 heteroatoms. The zero-order valence-electron chi connectivity index (χ0n) is 12.9. The first-order valence-electron chi connectivity index (χ1n) is 7.57. The van der Waals surface area contributed by atoms with Crippen molar-refractivity contribution in [3.63, 3.8) is 0 Å². The van der Waals surface area contributed by atoms with Crippen LogP contribution in [-0.2, 0) is 12.8 Å². The lowest BCUT2D eigenvalue weighted by Gasteiger charge is -2.37. The third-order valence-electron chi connectivity index (χ3n) is 4.04. The fourth-order valence-electron chi connectivity index (χ4n) is 2.82. The minimum absolute atomic E-state index is 0.224. The Morgan fingerprint density at radius 2 is 1.24 bits per heavy atom. The van der Waals surface area contributed by atoms with E-state index in [1.807, 2.05) is 60.7 Å². The molecule has 0 aromatic heterocycles. The standard InChI is InChI=1S/C19H25NO/c1-15(2)18(20)19(21,13-16-9-5-3-6-10-16)14-17-11-7-4-8-12-17/h3-12,15,18,21H,13-14,20H2,1-2H3. The van der Waals surface area contributed by atoms with Gasteiger partial charge in [-0.3, -0.25) is 0 Å². The minimum Gasteiger partial charge on any atom is -0.388 e. The number of rotatable bonds is 6. The molecule has 2 nitrogen and oxygen atoms in total. The van der Waals surface area contributed by atoms with E-state index in [1.54, 1.807) is 0 Å². The van der Waals surface area contributed by atoms with Gasteiger partial charge < -0.3 is 10.8 Å². The van der Waals surface area contributed by atoms with Crippen molar-refractivity contribution in [1.82, 2.24) is 0 Å². The van der Waals surface area contributed by atoms with Crippen LogP contribution in [0.2, 0.25) is 0 Å². The summed E-state index contributed by atoms with van der Waals surface area (Å²) in [4.78, 5) is 0. The van der Waals surface area contributed by atoms with Crippen molar-refractivity contribution in [1.29, 1.82) is 0 Å². The fourth-order valence-corrected chi connectivity index (χ4v) is 2.82. The van der Waals surface area contributed by atoms with Crippen molar-refractivity contribution in [2.45, 2.75) is 38.3 Å². The van der Waals surface area contributed by atoms with E-state index in [2.05, 4.69) is 13.8 Å². The van der Waals surface area contributed by atoms with Crippen molar-refractivity contribution in [3.8, 4) is 0 Å². The Bertz CT molecular complexity index is 495. The summed E-state index contributed by atoms with van der Waals surface area (Å²) in [5.74, 6) is 0.224. The molecule has 2 rings (SSSR count). The molecule has 0 aliphatic carbocycles. The Kier molecular flexibility index (Phi) is 5.16. The van der Waals surface area contributed by atoms with Crippen LogP contribution in [0.3, 0.4) is 0 Å². The van der Waals surface area contributed by atoms with Crippen LogP contribution in [0.4, 0.5) is 0 Å². The van der Waals surface area contributed by atoms with Gasteiger partial charge in [0, 0.05) is 18.9 Å². The van der Waals surface area contributed by atoms with Gasteiger partial charge in [0.1, 0.15) is 0 Å². The molecular weight excluding hydrogens is 258 g/mol. The third-order valence-corrected chi connectivity index (χ3v) is 4.04. The van der Waals surface area contributed by atoms with Gasteiger partial charge in [0.2, 0.25) is 0 Å². The summed E-state index contributed by atoms with van der Waals surface area (Å²) in [5.41, 5.74) is 7.64. The maximum atomic E-state index is 11.2. The van der Waals surface area contributed by atoms with Crippen molar-refractivity contribution < 1.29 is 5.11 Å². The number of aliphatic hydroxyl groups is 1. The highest BCUT2D eigenvalue weighted by atomic mass is 16.3. The van der Waals surface area contributed by atoms with Gasteiger partial charge >= 0.3 is 0 Å². The Morgan fingerprint density at radius 3 is 1.57 bits per heavy atom. The lowest BCUT2D eigenvalue weighted by molar-refractivity contribution is 0.000299. The summed E-state index contributed by atoms with van der Waals surface area (Å²) >= 11 is 0. The zero-order valence-corrected chi connectivity index (χ0v) is 12.9. The first-order chi connectivity index (χ1) is 10.0. The van der Waals surface area contributed by atoms with Gasteiger partial charge in [-0.15, -0.1) is 0 Å². The van der Waals surface area contributed by atoms with Crippen LogP contribution >= 0.6 is 0 Å². The average molecular weight is 283 g/mol. The van der Waals surface area contributed by atoms with Crippen LogP contribution in [0.1, 0.15) is 25.0 Å². The molecule has 0 aliphatic heterocycles. The topological polar surface area (TPSA) is 46.2 Å². The Balaban J connectivity index is 2.26. The SMILES string of the molecule is CC(C)C(N)C(O)(Cc1ccccc1)Cc1ccccc1. The normalized spacial score (nSPS) is 13.4. The number of hydrogen-bond donors (Lipinski definition) is 2. The van der Waals surface area contributed by atoms with E-state index in [4.69, 9.17) is 5.73 Å². The molecule has 1 atom stereocenters. The molecule has 0 saturated carbocycles. The molecule has 0 spiro atoms. The summed E-state index contributed by atoms with van der Waals surface area (Å²) in [6.45, 7) is 4.12. The second-order valence-corrected chi connectivity index (χ2v) is 6.20. The molecule has 1 unspecified atom stereocenters. The van der Waals surface area contributed by atoms with Gasteiger partial charge in [-0.2, -0.15) is 0 Å². The van der Waals surface area contributed by atoms with Crippen LogP contribution < -0.4 is 5.73 Å². The summed E-state index contributed by atoms with van der Waals surface area (Å²) in [6.07, 6.45) is 1.14. The minimum atomic E-state index is -0.934. The van der Waals surface area contributed by atoms with Crippen LogP contribution in [-0.4, -0.2) is 16.7 Å². The highest BCUT2D eigenvalue weighted by Crippen LogP contribution is 2.25. The van der Waals surface area contributed by atoms with Gasteiger partial charge in [0.15, 0.2) is 0 Å². The average Bonchev–Trinajstić information content (AvgIpc) is 2.48. The van der Waals surface area contributed by atoms with Crippen molar-refractivity contribution >= 4 is 0 Å². The largest absolute Gasteiger partial charge is 0.388 e. The molecule has 0 saturated heterocycles. The van der Waals surface area contributed by atoms with Crippen LogP contribution in [0, 0.1) is 5.92 Å². The molecular formula is C19H25NO. The van der Waals surface area contributed by atoms with E-state index >= 15 is 0 Å². The molecule has 3 N–H and O–H groups in total. The maximum absolute atomic E-state index is 11.2. The Morgan fingerprint density at radius 1 is 0.857 bits per heavy atom. The molecule has 0 amide bonds. The number of benzene rings is 2. The summed E-state index contributed by atoms with van der Waals surface area (Å²) in [5, 5.41) is 11.2. The Hall–Kier alpha value is -1.64. The van der Waals surface area contributed by atoms with Gasteiger partial charge in [-0.1, -0.05) is 74.5 Å². The van der Waals surface area contributed by atoms with Crippen molar-refractivity contribution in [2.24, 2.45) is 11.7 Å². The molecule has 0 fully saturated rings. The van der Waals surface area contributed by atoms with Crippen LogP contribution in [0.15, 0.2) is 60.7 Å². The van der Waals surface area contributed by atoms with Crippen molar-refractivity contribution in [2.75, 3.05) is 0 Å². The summed E-state index contributed by atoms with van der Waals surface area (Å²) in [7, 11) is 0. The van der Waals surface area contributed by atoms with E-state index < -0.39 is 5.60 Å². The third kappa shape index (κ3) is 4.16. The molecule has 21 heavy (non-hydrogen) atoms. The second-order valence-electron chi connectivity index (χ2n) is 6.20. The molecule has 0 aliphatic rings. The van der Waals surface area contributed by atoms with E-state index in [0.29, 0.717) is 12.8 Å². The number of nitrogens with two attached hydrogens (primary N) is 1. The highest BCUT2D eigenvalue weighted by Gasteiger charge is 2.36. The smallest absolute Gasteiger partial charge is 0.0880 e. The maximum Gasteiger partial charge on any atom is 0.0880 e. The van der Waals surface area contributed by atoms with E-state index in [9.17, 15) is 5.11 Å². The zero-order chi connectivity index (χ0) is 15.3. The van der Waals surface area contributed by atoms with Crippen molar-refractivity contribution in [3.05, 3.63) is 71.8 Å². The predicted octanol–water partition coefficient (Wildman–Crippen LogP) is 3.19. The van der Waals surface area contributed by atoms with Gasteiger partial charge in [-0.05, 0) is 17.0 Å². The van der Waals surface area contributed by atoms with Crippen LogP contribution in [0.25, 0.3) is 0 Å². The quantitative estimate of drug-likeness (QED) is 0.855. The monoisotopic (exact) mass is 283 g/mol. The molecule has 0 bridgehead atoms. The van der Waals surface area contributed by atoms with Crippen LogP contribution in [0.5, 0.6) is 0 Å². The van der Waals surface area contributed by atoms with E-state index in [1.165, 1.54) is 0 Å². The fraction of sp³-hybridized carbons (Fsp3) is 0.368. The Labute approximate surface area is 127 Å². The number of hydrogen-bond acceptors (Lipinski definition) is 2. The first-order valence-corrected chi connectivity index (χ1v) is 7.57.